The summed E-state index contributed by atoms with van der Waals surface area (Å²) in [6.07, 6.45) is -31.7. The third kappa shape index (κ3) is 36.0. The van der Waals surface area contributed by atoms with Crippen LogP contribution < -0.4 is 0 Å². The maximum atomic E-state index is 12.6. The van der Waals surface area contributed by atoms with E-state index in [9.17, 15) is 79.2 Å². The smallest absolute Gasteiger partial charge is 0.333 e. The van der Waals surface area contributed by atoms with Crippen LogP contribution in [0.3, 0.4) is 0 Å². The molecule has 2 heterocycles. The first kappa shape index (κ1) is 92.0. The normalized spacial score (nSPS) is 22.5. The predicted molar refractivity (Wildman–Crippen MR) is 353 cm³/mol. The van der Waals surface area contributed by atoms with Crippen LogP contribution in [0.2, 0.25) is 0 Å². The van der Waals surface area contributed by atoms with Crippen LogP contribution in [-0.4, -0.2) is 318 Å². The van der Waals surface area contributed by atoms with Gasteiger partial charge in [0.1, 0.15) is 151 Å². The van der Waals surface area contributed by atoms with Gasteiger partial charge in [0.05, 0.1) is 66.1 Å². The second-order valence-electron chi connectivity index (χ2n) is 24.3. The molecule has 2 fully saturated rings. The van der Waals surface area contributed by atoms with Gasteiger partial charge in [0, 0.05) is 44.6 Å². The minimum absolute atomic E-state index is 0.00402. The molecule has 584 valence electrons. The van der Waals surface area contributed by atoms with Crippen molar-refractivity contribution in [2.45, 2.75) is 166 Å². The Labute approximate surface area is 596 Å². The Morgan fingerprint density at radius 2 is 0.456 bits per heavy atom. The molecule has 8 unspecified atom stereocenters. The molecule has 2 aliphatic heterocycles. The molecule has 2 rings (SSSR count). The van der Waals surface area contributed by atoms with Crippen molar-refractivity contribution in [1.29, 1.82) is 0 Å². The van der Waals surface area contributed by atoms with Gasteiger partial charge in [-0.05, 0) is 55.4 Å². The number of rotatable bonds is 52. The zero-order chi connectivity index (χ0) is 77.8. The quantitative estimate of drug-likeness (QED) is 0.0198. The molecule has 35 nitrogen and oxygen atoms in total. The van der Waals surface area contributed by atoms with Crippen molar-refractivity contribution in [2.24, 2.45) is 0 Å². The zero-order valence-corrected chi connectivity index (χ0v) is 59.4. The van der Waals surface area contributed by atoms with Crippen molar-refractivity contribution in [3.8, 4) is 0 Å². The highest BCUT2D eigenvalue weighted by Gasteiger charge is 2.55. The molecule has 0 aromatic carbocycles. The number of aliphatic hydroxyl groups excluding tert-OH is 8. The van der Waals surface area contributed by atoms with Crippen LogP contribution in [0.15, 0.2) is 97.2 Å². The predicted octanol–water partition coefficient (Wildman–Crippen LogP) is -1.36. The van der Waals surface area contributed by atoms with E-state index in [1.165, 1.54) is 55.4 Å². The highest BCUT2D eigenvalue weighted by Crippen LogP contribution is 2.36. The van der Waals surface area contributed by atoms with Crippen LogP contribution in [0.1, 0.15) is 55.4 Å². The Morgan fingerprint density at radius 1 is 0.262 bits per heavy atom. The number of hydrogen-bond acceptors (Lipinski definition) is 35. The van der Waals surface area contributed by atoms with Crippen LogP contribution >= 0.6 is 0 Å². The number of carbonyl (C=O) groups is 8. The summed E-state index contributed by atoms with van der Waals surface area (Å²) in [5.41, 5.74) is -0.296. The van der Waals surface area contributed by atoms with Gasteiger partial charge in [-0.2, -0.15) is 0 Å². The third-order valence-corrected chi connectivity index (χ3v) is 13.6. The summed E-state index contributed by atoms with van der Waals surface area (Å²) < 4.78 is 112. The number of ether oxygens (including phenoxy) is 19. The molecule has 103 heavy (non-hydrogen) atoms. The molecule has 0 radical (unpaired) electrons. The van der Waals surface area contributed by atoms with Crippen LogP contribution in [0.25, 0.3) is 0 Å². The second-order valence-corrected chi connectivity index (χ2v) is 24.3. The molecule has 2 aliphatic rings. The molecule has 0 bridgehead atoms. The number of hydrogen-bond donors (Lipinski definition) is 8. The molecule has 0 aliphatic carbocycles. The van der Waals surface area contributed by atoms with E-state index in [0.717, 1.165) is 0 Å². The molecule has 35 heteroatoms. The van der Waals surface area contributed by atoms with Crippen molar-refractivity contribution in [2.75, 3.05) is 119 Å². The number of esters is 8. The summed E-state index contributed by atoms with van der Waals surface area (Å²) in [6, 6.07) is 0. The molecule has 0 amide bonds. The Kier molecular flexibility index (Phi) is 43.0. The van der Waals surface area contributed by atoms with Crippen molar-refractivity contribution in [3.05, 3.63) is 97.2 Å². The topological polar surface area (TPSA) is 474 Å². The van der Waals surface area contributed by atoms with E-state index < -0.39 is 277 Å². The van der Waals surface area contributed by atoms with E-state index in [1.807, 2.05) is 0 Å². The second kappa shape index (κ2) is 48.1. The maximum absolute atomic E-state index is 12.6. The summed E-state index contributed by atoms with van der Waals surface area (Å²) >= 11 is 0. The number of carbonyl (C=O) groups excluding carboxylic acids is 8. The van der Waals surface area contributed by atoms with Gasteiger partial charge in [0.2, 0.25) is 0 Å². The van der Waals surface area contributed by atoms with Crippen LogP contribution in [-0.2, 0) is 128 Å². The van der Waals surface area contributed by atoms with Crippen LogP contribution in [0.4, 0.5) is 0 Å². The molecule has 0 aromatic rings. The first-order valence-electron chi connectivity index (χ1n) is 32.2. The van der Waals surface area contributed by atoms with Gasteiger partial charge in [-0.3, -0.25) is 0 Å². The van der Waals surface area contributed by atoms with Gasteiger partial charge in [-0.25, -0.2) is 38.4 Å². The Balaban J connectivity index is 3.26. The fourth-order valence-corrected chi connectivity index (χ4v) is 8.22. The fourth-order valence-electron chi connectivity index (χ4n) is 8.22. The molecule has 0 saturated carbocycles. The summed E-state index contributed by atoms with van der Waals surface area (Å²) in [5.74, 6) is -7.20. The van der Waals surface area contributed by atoms with Gasteiger partial charge < -0.3 is 131 Å². The van der Waals surface area contributed by atoms with Gasteiger partial charge in [0.15, 0.2) is 12.6 Å². The Morgan fingerprint density at radius 3 is 0.718 bits per heavy atom. The van der Waals surface area contributed by atoms with E-state index in [4.69, 9.17) is 90.0 Å². The first-order valence-corrected chi connectivity index (χ1v) is 32.2. The zero-order valence-electron chi connectivity index (χ0n) is 59.4. The van der Waals surface area contributed by atoms with Crippen LogP contribution in [0.5, 0.6) is 0 Å². The lowest BCUT2D eigenvalue weighted by atomic mass is 9.95. The average Bonchev–Trinajstić information content (AvgIpc) is 0.770. The van der Waals surface area contributed by atoms with Gasteiger partial charge in [-0.15, -0.1) is 0 Å². The molecular formula is C68H102O35. The Bertz CT molecular complexity index is 2850. The SMILES string of the molecule is C=C(C)C(=O)OCC(O)COC[C@H]1O[C@@H](O[C@H]2[C@H](OCC(O)COC(=O)C(=C)C)[C@@H](OCC(O)COC(=O)C(=C)C)[C@@H](OCC(O)COC(=O)C(=C)C)O[C@@H]2COCC(O)COC(=O)C(=C)C)[C@H](OCC(O)COC(=O)C(=C)C)[C@@H](OCC(O)COC(=O)C(=C)C)[C@H]1OCC(O)COC(=O)C(=C)C. The maximum Gasteiger partial charge on any atom is 0.333 e. The summed E-state index contributed by atoms with van der Waals surface area (Å²) in [7, 11) is 0. The lowest BCUT2D eigenvalue weighted by Crippen LogP contribution is -2.67. The standard InChI is InChI=1S/C68H102O35/c1-35(2)59(77)92-24-43(69)17-85-33-51-53(87-19-45(71)26-94-61(79)37(5)6)55(88-20-46(72)27-95-62(80)38(7)8)58(91-23-49(75)30-98-65(83)41(13)14)68(102-51)103-54-52(34-86-18-44(70)25-93-60(78)36(3)4)101-67(100-32-50(76)31-99-66(84)42(15)16)57(90-22-48(74)29-97-64(82)40(11)12)56(54)89-21-47(73)28-96-63(81)39(9)10/h43-58,67-76H,1,3,5,7,9,11,13,15,17-34H2,2,4,6,8,10,12,14,16H3/t43?,44?,45?,46?,47?,48?,49?,50?,51-,52-,53+,54-,55+,56+,57-,58-,67+,68+/m1/s1. The lowest BCUT2D eigenvalue weighted by Gasteiger charge is -2.50. The first-order chi connectivity index (χ1) is 48.3. The van der Waals surface area contributed by atoms with Crippen molar-refractivity contribution in [3.63, 3.8) is 0 Å². The molecule has 18 atom stereocenters. The van der Waals surface area contributed by atoms with Crippen molar-refractivity contribution in [1.82, 2.24) is 0 Å². The molecule has 2 saturated heterocycles. The fraction of sp³-hybridized carbons (Fsp3) is 0.647. The van der Waals surface area contributed by atoms with Crippen LogP contribution in [0, 0.1) is 0 Å². The molecule has 0 aromatic heterocycles. The minimum atomic E-state index is -2.10. The average molecular weight is 1480 g/mol. The van der Waals surface area contributed by atoms with Crippen molar-refractivity contribution < 1.29 is 169 Å². The molecular weight excluding hydrogens is 1380 g/mol. The van der Waals surface area contributed by atoms with E-state index in [0.29, 0.717) is 0 Å². The highest BCUT2D eigenvalue weighted by molar-refractivity contribution is 5.89. The van der Waals surface area contributed by atoms with Gasteiger partial charge in [0.25, 0.3) is 0 Å². The summed E-state index contributed by atoms with van der Waals surface area (Å²) in [5, 5.41) is 90.2. The lowest BCUT2D eigenvalue weighted by molar-refractivity contribution is -0.378. The summed E-state index contributed by atoms with van der Waals surface area (Å²) in [6.45, 7) is 25.7. The summed E-state index contributed by atoms with van der Waals surface area (Å²) in [4.78, 5) is 99.9. The van der Waals surface area contributed by atoms with E-state index >= 15 is 0 Å². The highest BCUT2D eigenvalue weighted by atomic mass is 16.8. The molecule has 0 spiro atoms. The van der Waals surface area contributed by atoms with E-state index in [1.54, 1.807) is 0 Å². The molecule has 8 N–H and O–H groups in total. The van der Waals surface area contributed by atoms with Gasteiger partial charge in [-0.1, -0.05) is 52.6 Å². The largest absolute Gasteiger partial charge is 0.460 e. The van der Waals surface area contributed by atoms with E-state index in [-0.39, 0.29) is 44.6 Å². The van der Waals surface area contributed by atoms with Gasteiger partial charge >= 0.3 is 47.8 Å². The van der Waals surface area contributed by atoms with E-state index in [2.05, 4.69) is 52.6 Å². The minimum Gasteiger partial charge on any atom is -0.460 e. The van der Waals surface area contributed by atoms with Crippen molar-refractivity contribution >= 4 is 47.8 Å². The Hall–Kier alpha value is -7.08. The monoisotopic (exact) mass is 1480 g/mol. The third-order valence-electron chi connectivity index (χ3n) is 13.6. The number of aliphatic hydroxyl groups is 8.